The molecule has 0 saturated heterocycles. The van der Waals surface area contributed by atoms with E-state index in [1.807, 2.05) is 30.5 Å². The summed E-state index contributed by atoms with van der Waals surface area (Å²) >= 11 is 0. The van der Waals surface area contributed by atoms with Crippen LogP contribution in [-0.4, -0.2) is 26.7 Å². The third kappa shape index (κ3) is 3.07. The van der Waals surface area contributed by atoms with Crippen LogP contribution in [0.2, 0.25) is 0 Å². The summed E-state index contributed by atoms with van der Waals surface area (Å²) < 4.78 is 1.57. The molecule has 1 aliphatic carbocycles. The Kier molecular flexibility index (Phi) is 4.09. The molecule has 0 unspecified atom stereocenters. The van der Waals surface area contributed by atoms with E-state index in [0.29, 0.717) is 5.56 Å². The minimum atomic E-state index is -0.0610. The minimum Gasteiger partial charge on any atom is -0.361 e. The van der Waals surface area contributed by atoms with Crippen LogP contribution in [0, 0.1) is 0 Å². The summed E-state index contributed by atoms with van der Waals surface area (Å²) in [5, 5.41) is 8.26. The number of aromatic nitrogens is 3. The highest BCUT2D eigenvalue weighted by Gasteiger charge is 2.25. The maximum atomic E-state index is 12.6. The fourth-order valence-corrected chi connectivity index (χ4v) is 3.65. The summed E-state index contributed by atoms with van der Waals surface area (Å²) in [6.45, 7) is 0. The molecular weight excluding hydrogens is 316 g/mol. The number of H-pyrrole nitrogens is 1. The van der Waals surface area contributed by atoms with Gasteiger partial charge in [-0.3, -0.25) is 9.59 Å². The molecule has 1 aromatic carbocycles. The second kappa shape index (κ2) is 6.55. The van der Waals surface area contributed by atoms with Gasteiger partial charge in [-0.25, -0.2) is 4.68 Å². The summed E-state index contributed by atoms with van der Waals surface area (Å²) in [5.74, 6) is -0.0383. The maximum Gasteiger partial charge on any atom is 0.266 e. The molecule has 128 valence electrons. The van der Waals surface area contributed by atoms with Crippen LogP contribution in [0.5, 0.6) is 0 Å². The van der Waals surface area contributed by atoms with Gasteiger partial charge in [0.2, 0.25) is 0 Å². The molecule has 0 bridgehead atoms. The van der Waals surface area contributed by atoms with Crippen molar-refractivity contribution in [1.82, 2.24) is 20.1 Å². The minimum absolute atomic E-state index is 0.0383. The monoisotopic (exact) mass is 336 g/mol. The molecule has 0 atom stereocenters. The number of benzene rings is 1. The molecule has 25 heavy (non-hydrogen) atoms. The topological polar surface area (TPSA) is 79.8 Å². The van der Waals surface area contributed by atoms with Crippen LogP contribution >= 0.6 is 0 Å². The molecule has 3 aromatic rings. The lowest BCUT2D eigenvalue weighted by atomic mass is 9.91. The molecule has 2 N–H and O–H groups in total. The Morgan fingerprint density at radius 3 is 2.76 bits per heavy atom. The van der Waals surface area contributed by atoms with Crippen LogP contribution in [0.25, 0.3) is 10.9 Å². The summed E-state index contributed by atoms with van der Waals surface area (Å²) in [5.41, 5.74) is 1.60. The van der Waals surface area contributed by atoms with Gasteiger partial charge in [-0.05, 0) is 49.9 Å². The first-order chi connectivity index (χ1) is 12.2. The summed E-state index contributed by atoms with van der Waals surface area (Å²) in [4.78, 5) is 27.7. The number of fused-ring (bicyclic) bond motifs is 1. The zero-order chi connectivity index (χ0) is 17.2. The molecule has 2 aromatic heterocycles. The third-order valence-corrected chi connectivity index (χ3v) is 4.96. The first kappa shape index (κ1) is 15.6. The van der Waals surface area contributed by atoms with E-state index in [0.717, 1.165) is 36.6 Å². The smallest absolute Gasteiger partial charge is 0.266 e. The number of carbonyl (C=O) groups is 1. The van der Waals surface area contributed by atoms with Crippen molar-refractivity contribution in [3.05, 3.63) is 64.7 Å². The van der Waals surface area contributed by atoms with Gasteiger partial charge >= 0.3 is 0 Å². The van der Waals surface area contributed by atoms with E-state index in [-0.39, 0.29) is 23.6 Å². The molecule has 6 heteroatoms. The van der Waals surface area contributed by atoms with Gasteiger partial charge in [-0.2, -0.15) is 5.10 Å². The Morgan fingerprint density at radius 2 is 1.96 bits per heavy atom. The predicted molar refractivity (Wildman–Crippen MR) is 95.6 cm³/mol. The first-order valence-electron chi connectivity index (χ1n) is 8.63. The summed E-state index contributed by atoms with van der Waals surface area (Å²) in [7, 11) is 0. The Hall–Kier alpha value is -2.89. The van der Waals surface area contributed by atoms with Gasteiger partial charge in [0, 0.05) is 41.0 Å². The van der Waals surface area contributed by atoms with Gasteiger partial charge in [0.25, 0.3) is 11.5 Å². The summed E-state index contributed by atoms with van der Waals surface area (Å²) in [6, 6.07) is 11.1. The second-order valence-corrected chi connectivity index (χ2v) is 6.53. The number of nitrogens with zero attached hydrogens (tertiary/aromatic N) is 2. The highest BCUT2D eigenvalue weighted by molar-refractivity contribution is 6.06. The van der Waals surface area contributed by atoms with E-state index in [4.69, 9.17) is 0 Å². The molecular formula is C19H20N4O2. The maximum absolute atomic E-state index is 12.6. The summed E-state index contributed by atoms with van der Waals surface area (Å²) in [6.07, 6.45) is 6.88. The Labute approximate surface area is 144 Å². The van der Waals surface area contributed by atoms with Crippen LogP contribution in [-0.2, 0) is 0 Å². The quantitative estimate of drug-likeness (QED) is 0.771. The lowest BCUT2D eigenvalue weighted by Crippen LogP contribution is -2.39. The average Bonchev–Trinajstić information content (AvgIpc) is 3.11. The van der Waals surface area contributed by atoms with Crippen molar-refractivity contribution in [2.75, 3.05) is 0 Å². The molecule has 1 saturated carbocycles. The number of hydrogen-bond donors (Lipinski definition) is 2. The van der Waals surface area contributed by atoms with Gasteiger partial charge in [0.05, 0.1) is 6.04 Å². The second-order valence-electron chi connectivity index (χ2n) is 6.53. The van der Waals surface area contributed by atoms with Gasteiger partial charge < -0.3 is 10.3 Å². The fourth-order valence-electron chi connectivity index (χ4n) is 3.65. The molecule has 0 aliphatic heterocycles. The SMILES string of the molecule is O=C(NC1CCC(n2ncccc2=O)CC1)c1cccc2[nH]ccc12. The van der Waals surface area contributed by atoms with E-state index in [2.05, 4.69) is 15.4 Å². The zero-order valence-corrected chi connectivity index (χ0v) is 13.8. The van der Waals surface area contributed by atoms with Gasteiger partial charge in [0.15, 0.2) is 0 Å². The van der Waals surface area contributed by atoms with Crippen molar-refractivity contribution < 1.29 is 4.79 Å². The van der Waals surface area contributed by atoms with Gasteiger partial charge in [0.1, 0.15) is 0 Å². The van der Waals surface area contributed by atoms with Crippen LogP contribution in [0.1, 0.15) is 42.1 Å². The molecule has 1 aliphatic rings. The van der Waals surface area contributed by atoms with E-state index in [9.17, 15) is 9.59 Å². The standard InChI is InChI=1S/C19H20N4O2/c24-18-5-2-11-21-23(18)14-8-6-13(7-9-14)22-19(25)16-3-1-4-17-15(16)10-12-20-17/h1-5,10-14,20H,6-9H2,(H,22,25). The molecule has 1 amide bonds. The van der Waals surface area contributed by atoms with Crippen LogP contribution in [0.15, 0.2) is 53.6 Å². The van der Waals surface area contributed by atoms with Crippen LogP contribution in [0.4, 0.5) is 0 Å². The zero-order valence-electron chi connectivity index (χ0n) is 13.8. The Morgan fingerprint density at radius 1 is 1.12 bits per heavy atom. The van der Waals surface area contributed by atoms with Crippen molar-refractivity contribution in [3.8, 4) is 0 Å². The van der Waals surface area contributed by atoms with Crippen molar-refractivity contribution in [2.45, 2.75) is 37.8 Å². The number of rotatable bonds is 3. The molecule has 2 heterocycles. The first-order valence-corrected chi connectivity index (χ1v) is 8.63. The van der Waals surface area contributed by atoms with Crippen LogP contribution < -0.4 is 10.9 Å². The Balaban J connectivity index is 1.42. The van der Waals surface area contributed by atoms with E-state index < -0.39 is 0 Å². The van der Waals surface area contributed by atoms with E-state index in [1.54, 1.807) is 23.0 Å². The number of aromatic amines is 1. The normalized spacial score (nSPS) is 20.5. The third-order valence-electron chi connectivity index (χ3n) is 4.96. The number of amides is 1. The van der Waals surface area contributed by atoms with E-state index in [1.165, 1.54) is 0 Å². The van der Waals surface area contributed by atoms with Crippen molar-refractivity contribution in [1.29, 1.82) is 0 Å². The number of carbonyl (C=O) groups excluding carboxylic acids is 1. The average molecular weight is 336 g/mol. The van der Waals surface area contributed by atoms with E-state index >= 15 is 0 Å². The van der Waals surface area contributed by atoms with Crippen molar-refractivity contribution in [2.24, 2.45) is 0 Å². The predicted octanol–water partition coefficient (Wildman–Crippen LogP) is 2.64. The lowest BCUT2D eigenvalue weighted by molar-refractivity contribution is 0.0923. The highest BCUT2D eigenvalue weighted by Crippen LogP contribution is 2.27. The lowest BCUT2D eigenvalue weighted by Gasteiger charge is -2.29. The van der Waals surface area contributed by atoms with Gasteiger partial charge in [-0.1, -0.05) is 6.07 Å². The van der Waals surface area contributed by atoms with Crippen LogP contribution in [0.3, 0.4) is 0 Å². The van der Waals surface area contributed by atoms with Gasteiger partial charge in [-0.15, -0.1) is 0 Å². The molecule has 1 fully saturated rings. The largest absolute Gasteiger partial charge is 0.361 e. The molecule has 0 spiro atoms. The Bertz CT molecular complexity index is 951. The fraction of sp³-hybridized carbons (Fsp3) is 0.316. The molecule has 4 rings (SSSR count). The number of nitrogens with one attached hydrogen (secondary N) is 2. The highest BCUT2D eigenvalue weighted by atomic mass is 16.1. The van der Waals surface area contributed by atoms with Crippen molar-refractivity contribution >= 4 is 16.8 Å². The number of hydrogen-bond acceptors (Lipinski definition) is 3. The molecule has 6 nitrogen and oxygen atoms in total. The molecule has 0 radical (unpaired) electrons. The van der Waals surface area contributed by atoms with Crippen molar-refractivity contribution in [3.63, 3.8) is 0 Å².